The van der Waals surface area contributed by atoms with Crippen LogP contribution in [-0.4, -0.2) is 74.7 Å². The second-order valence-corrected chi connectivity index (χ2v) is 11.5. The summed E-state index contributed by atoms with van der Waals surface area (Å²) in [6, 6.07) is 12.6. The predicted octanol–water partition coefficient (Wildman–Crippen LogP) is 5.62. The van der Waals surface area contributed by atoms with E-state index < -0.39 is 28.9 Å². The molecule has 0 radical (unpaired) electrons. The number of aryl methyl sites for hydroxylation is 1. The fraction of sp³-hybridized carbons (Fsp3) is 0.343. The first-order valence-electron chi connectivity index (χ1n) is 15.6. The summed E-state index contributed by atoms with van der Waals surface area (Å²) >= 11 is 0. The third-order valence-electron chi connectivity index (χ3n) is 8.18. The number of anilines is 2. The monoisotopic (exact) mass is 664 g/mol. The Labute approximate surface area is 277 Å². The number of benzene rings is 3. The van der Waals surface area contributed by atoms with E-state index in [-0.39, 0.29) is 17.2 Å². The Bertz CT molecular complexity index is 1670. The van der Waals surface area contributed by atoms with Crippen molar-refractivity contribution in [2.75, 3.05) is 57.2 Å². The van der Waals surface area contributed by atoms with Gasteiger partial charge in [0.25, 0.3) is 0 Å². The molecule has 3 aromatic rings. The van der Waals surface area contributed by atoms with Crippen molar-refractivity contribution in [2.45, 2.75) is 26.2 Å². The van der Waals surface area contributed by atoms with Gasteiger partial charge in [-0.1, -0.05) is 5.16 Å². The zero-order valence-corrected chi connectivity index (χ0v) is 26.8. The number of rotatable bonds is 14. The van der Waals surface area contributed by atoms with Crippen molar-refractivity contribution >= 4 is 35.2 Å². The van der Waals surface area contributed by atoms with E-state index in [1.165, 1.54) is 49.6 Å². The maximum Gasteiger partial charge on any atom is 0.240 e. The van der Waals surface area contributed by atoms with E-state index in [1.54, 1.807) is 12.1 Å². The first-order valence-corrected chi connectivity index (χ1v) is 15.6. The normalized spacial score (nSPS) is 16.0. The quantitative estimate of drug-likeness (QED) is 0.0506. The number of allylic oxidation sites excluding steroid dienone is 1. The summed E-state index contributed by atoms with van der Waals surface area (Å²) in [5, 5.41) is 17.4. The summed E-state index contributed by atoms with van der Waals surface area (Å²) in [4.78, 5) is 28.3. The lowest BCUT2D eigenvalue weighted by atomic mass is 10.0. The molecular weight excluding hydrogens is 626 g/mol. The molecule has 11 nitrogen and oxygen atoms in total. The molecule has 3 N–H and O–H groups in total. The van der Waals surface area contributed by atoms with Crippen LogP contribution in [0.25, 0.3) is 5.76 Å². The minimum Gasteiger partial charge on any atom is -0.493 e. The van der Waals surface area contributed by atoms with Gasteiger partial charge < -0.3 is 34.8 Å². The van der Waals surface area contributed by atoms with Gasteiger partial charge in [0.15, 0.2) is 23.1 Å². The van der Waals surface area contributed by atoms with Crippen LogP contribution in [0.4, 0.5) is 20.2 Å². The number of hydrogen-bond acceptors (Lipinski definition) is 9. The molecule has 1 saturated heterocycles. The molecule has 13 heteroatoms. The van der Waals surface area contributed by atoms with Gasteiger partial charge in [0, 0.05) is 48.7 Å². The summed E-state index contributed by atoms with van der Waals surface area (Å²) in [5.74, 6) is -1.37. The number of carbonyl (C=O) groups is 2. The van der Waals surface area contributed by atoms with Gasteiger partial charge in [0.1, 0.15) is 17.0 Å². The van der Waals surface area contributed by atoms with Crippen LogP contribution in [0.15, 0.2) is 65.8 Å². The van der Waals surface area contributed by atoms with E-state index >= 15 is 4.39 Å². The Morgan fingerprint density at radius 1 is 0.979 bits per heavy atom. The van der Waals surface area contributed by atoms with Crippen LogP contribution in [-0.2, 0) is 14.3 Å². The number of amides is 2. The SMILES string of the molecule is COc1cc(/C(=C\C=N\O)Oc2ccc(NC(=O)C3(C(=O)Nc4ccc(F)cc4)CC3)cc2F)c(C)cc1OCCCN1CCOCC1. The zero-order chi connectivity index (χ0) is 34.1. The van der Waals surface area contributed by atoms with Crippen molar-refractivity contribution in [2.24, 2.45) is 10.6 Å². The molecular formula is C35H38F2N4O7. The minimum absolute atomic E-state index is 0.126. The van der Waals surface area contributed by atoms with Gasteiger partial charge in [-0.05, 0) is 80.3 Å². The molecule has 0 unspecified atom stereocenters. The average molecular weight is 665 g/mol. The average Bonchev–Trinajstić information content (AvgIpc) is 3.90. The Morgan fingerprint density at radius 2 is 1.67 bits per heavy atom. The van der Waals surface area contributed by atoms with E-state index in [0.717, 1.165) is 57.1 Å². The van der Waals surface area contributed by atoms with Gasteiger partial charge in [-0.15, -0.1) is 0 Å². The molecule has 5 rings (SSSR count). The maximum absolute atomic E-state index is 15.4. The lowest BCUT2D eigenvalue weighted by molar-refractivity contribution is -0.131. The highest BCUT2D eigenvalue weighted by Gasteiger charge is 2.56. The van der Waals surface area contributed by atoms with Crippen LogP contribution in [0.3, 0.4) is 0 Å². The molecule has 1 aliphatic heterocycles. The van der Waals surface area contributed by atoms with Crippen LogP contribution in [0, 0.1) is 24.0 Å². The number of carbonyl (C=O) groups excluding carboxylic acids is 2. The highest BCUT2D eigenvalue weighted by molar-refractivity contribution is 6.16. The van der Waals surface area contributed by atoms with Crippen LogP contribution in [0.2, 0.25) is 0 Å². The molecule has 0 atom stereocenters. The Kier molecular flexibility index (Phi) is 11.2. The molecule has 2 aliphatic rings. The van der Waals surface area contributed by atoms with E-state index in [9.17, 15) is 14.0 Å². The molecule has 1 saturated carbocycles. The van der Waals surface area contributed by atoms with E-state index in [2.05, 4.69) is 20.7 Å². The lowest BCUT2D eigenvalue weighted by Crippen LogP contribution is -2.37. The second kappa shape index (κ2) is 15.7. The number of morpholine rings is 1. The number of methoxy groups -OCH3 is 1. The first kappa shape index (κ1) is 34.3. The van der Waals surface area contributed by atoms with Gasteiger partial charge in [-0.3, -0.25) is 14.5 Å². The van der Waals surface area contributed by atoms with E-state index in [0.29, 0.717) is 42.2 Å². The number of nitrogens with one attached hydrogen (secondary N) is 2. The lowest BCUT2D eigenvalue weighted by Gasteiger charge is -2.26. The summed E-state index contributed by atoms with van der Waals surface area (Å²) in [6.45, 7) is 6.49. The van der Waals surface area contributed by atoms with Crippen molar-refractivity contribution in [1.82, 2.24) is 4.90 Å². The van der Waals surface area contributed by atoms with Crippen LogP contribution < -0.4 is 24.8 Å². The number of ether oxygens (including phenoxy) is 4. The molecule has 254 valence electrons. The summed E-state index contributed by atoms with van der Waals surface area (Å²) in [6.07, 6.45) is 3.92. The number of halogens is 2. The summed E-state index contributed by atoms with van der Waals surface area (Å²) in [5.41, 5.74) is 0.440. The molecule has 0 bridgehead atoms. The van der Waals surface area contributed by atoms with Crippen molar-refractivity contribution in [3.8, 4) is 17.2 Å². The van der Waals surface area contributed by atoms with Gasteiger partial charge in [-0.25, -0.2) is 8.78 Å². The predicted molar refractivity (Wildman–Crippen MR) is 176 cm³/mol. The van der Waals surface area contributed by atoms with Gasteiger partial charge in [0.05, 0.1) is 33.1 Å². The zero-order valence-electron chi connectivity index (χ0n) is 26.8. The van der Waals surface area contributed by atoms with Crippen molar-refractivity contribution in [1.29, 1.82) is 0 Å². The van der Waals surface area contributed by atoms with Crippen molar-refractivity contribution in [3.63, 3.8) is 0 Å². The Hall–Kier alpha value is -5.01. The van der Waals surface area contributed by atoms with E-state index in [1.807, 2.05) is 6.92 Å². The van der Waals surface area contributed by atoms with Crippen LogP contribution >= 0.6 is 0 Å². The number of nitrogens with zero attached hydrogens (tertiary/aromatic N) is 2. The van der Waals surface area contributed by atoms with Crippen LogP contribution in [0.5, 0.6) is 17.2 Å². The Balaban J connectivity index is 1.25. The molecule has 1 aliphatic carbocycles. The Morgan fingerprint density at radius 3 is 2.31 bits per heavy atom. The highest BCUT2D eigenvalue weighted by atomic mass is 19.1. The fourth-order valence-corrected chi connectivity index (χ4v) is 5.27. The smallest absolute Gasteiger partial charge is 0.240 e. The highest BCUT2D eigenvalue weighted by Crippen LogP contribution is 2.47. The topological polar surface area (TPSA) is 131 Å². The van der Waals surface area contributed by atoms with E-state index in [4.69, 9.17) is 24.2 Å². The third-order valence-corrected chi connectivity index (χ3v) is 8.18. The number of oxime groups is 1. The summed E-state index contributed by atoms with van der Waals surface area (Å²) < 4.78 is 51.5. The van der Waals surface area contributed by atoms with Gasteiger partial charge in [-0.2, -0.15) is 0 Å². The van der Waals surface area contributed by atoms with Gasteiger partial charge >= 0.3 is 0 Å². The largest absolute Gasteiger partial charge is 0.493 e. The third kappa shape index (κ3) is 8.47. The molecule has 48 heavy (non-hydrogen) atoms. The molecule has 2 amide bonds. The van der Waals surface area contributed by atoms with Gasteiger partial charge in [0.2, 0.25) is 11.8 Å². The minimum atomic E-state index is -1.31. The molecule has 3 aromatic carbocycles. The first-order chi connectivity index (χ1) is 23.2. The standard InChI is InChI=1S/C35H38F2N4O7/c1-23-20-32(47-17-3-14-41-15-18-46-19-16-41)31(45-2)22-27(23)29(10-13-38-44)48-30-9-8-26(21-28(30)37)40-34(43)35(11-12-35)33(42)39-25-6-4-24(36)5-7-25/h4-10,13,20-22,44H,3,11-12,14-19H2,1-2H3,(H,39,42)(H,40,43)/b29-10+,38-13+. The van der Waals surface area contributed by atoms with Crippen molar-refractivity contribution in [3.05, 3.63) is 83.4 Å². The molecule has 0 spiro atoms. The second-order valence-electron chi connectivity index (χ2n) is 11.5. The molecule has 1 heterocycles. The number of hydrogen-bond donors (Lipinski definition) is 3. The molecule has 0 aromatic heterocycles. The molecule has 2 fully saturated rings. The van der Waals surface area contributed by atoms with Crippen LogP contribution in [0.1, 0.15) is 30.4 Å². The maximum atomic E-state index is 15.4. The van der Waals surface area contributed by atoms with Crippen molar-refractivity contribution < 1.29 is 42.5 Å². The summed E-state index contributed by atoms with van der Waals surface area (Å²) in [7, 11) is 1.51. The fourth-order valence-electron chi connectivity index (χ4n) is 5.27.